The number of anilines is 2. The van der Waals surface area contributed by atoms with Crippen molar-refractivity contribution in [3.05, 3.63) is 24.0 Å². The summed E-state index contributed by atoms with van der Waals surface area (Å²) < 4.78 is 13.2. The third kappa shape index (κ3) is 2.26. The van der Waals surface area contributed by atoms with Gasteiger partial charge in [-0.1, -0.05) is 0 Å². The van der Waals surface area contributed by atoms with Crippen LogP contribution in [0.5, 0.6) is 0 Å². The van der Waals surface area contributed by atoms with Crippen LogP contribution in [0.4, 0.5) is 15.8 Å². The Morgan fingerprint density at radius 1 is 1.53 bits per heavy atom. The van der Waals surface area contributed by atoms with Gasteiger partial charge >= 0.3 is 0 Å². The lowest BCUT2D eigenvalue weighted by molar-refractivity contribution is -0.117. The van der Waals surface area contributed by atoms with E-state index < -0.39 is 5.82 Å². The minimum absolute atomic E-state index is 0.169. The summed E-state index contributed by atoms with van der Waals surface area (Å²) in [5.74, 6) is -1.01. The maximum absolute atomic E-state index is 13.2. The number of nitrogens with one attached hydrogen (secondary N) is 1. The average molecular weight is 237 g/mol. The van der Waals surface area contributed by atoms with Crippen molar-refractivity contribution in [2.75, 3.05) is 23.3 Å². The summed E-state index contributed by atoms with van der Waals surface area (Å²) in [6.07, 6.45) is 0.169. The highest BCUT2D eigenvalue weighted by atomic mass is 19.1. The summed E-state index contributed by atoms with van der Waals surface area (Å²) in [4.78, 5) is 24.4. The standard InChI is InChI=1S/C11H12FN3O2/c12-7-1-2-8-9(5-7)15(11(17)6-13)4-3-10(16)14-8/h1-2,5H,3-4,6,13H2,(H,14,16). The zero-order valence-electron chi connectivity index (χ0n) is 9.07. The lowest BCUT2D eigenvalue weighted by atomic mass is 10.2. The number of benzene rings is 1. The van der Waals surface area contributed by atoms with E-state index in [0.717, 1.165) is 0 Å². The molecule has 0 aliphatic carbocycles. The Hall–Kier alpha value is -1.95. The number of halogens is 1. The lowest BCUT2D eigenvalue weighted by Crippen LogP contribution is -2.36. The molecular formula is C11H12FN3O2. The number of rotatable bonds is 1. The van der Waals surface area contributed by atoms with Gasteiger partial charge in [0, 0.05) is 13.0 Å². The molecule has 1 heterocycles. The molecule has 0 saturated carbocycles. The van der Waals surface area contributed by atoms with Crippen molar-refractivity contribution in [3.63, 3.8) is 0 Å². The van der Waals surface area contributed by atoms with Crippen LogP contribution >= 0.6 is 0 Å². The van der Waals surface area contributed by atoms with E-state index in [9.17, 15) is 14.0 Å². The zero-order valence-corrected chi connectivity index (χ0v) is 9.07. The molecule has 0 radical (unpaired) electrons. The van der Waals surface area contributed by atoms with Crippen molar-refractivity contribution in [2.24, 2.45) is 5.73 Å². The smallest absolute Gasteiger partial charge is 0.240 e. The molecule has 6 heteroatoms. The van der Waals surface area contributed by atoms with Gasteiger partial charge in [-0.2, -0.15) is 0 Å². The van der Waals surface area contributed by atoms with E-state index in [0.29, 0.717) is 11.4 Å². The monoisotopic (exact) mass is 237 g/mol. The molecule has 3 N–H and O–H groups in total. The molecule has 0 saturated heterocycles. The third-order valence-corrected chi connectivity index (χ3v) is 2.56. The number of hydrogen-bond donors (Lipinski definition) is 2. The summed E-state index contributed by atoms with van der Waals surface area (Å²) in [7, 11) is 0. The molecule has 17 heavy (non-hydrogen) atoms. The highest BCUT2D eigenvalue weighted by molar-refractivity contribution is 6.04. The summed E-state index contributed by atoms with van der Waals surface area (Å²) in [6, 6.07) is 3.88. The maximum atomic E-state index is 13.2. The molecule has 90 valence electrons. The predicted molar refractivity (Wildman–Crippen MR) is 61.1 cm³/mol. The first kappa shape index (κ1) is 11.5. The lowest BCUT2D eigenvalue weighted by Gasteiger charge is -2.21. The number of amides is 2. The molecule has 0 spiro atoms. The van der Waals surface area contributed by atoms with Gasteiger partial charge in [-0.15, -0.1) is 0 Å². The van der Waals surface area contributed by atoms with Gasteiger partial charge < -0.3 is 16.0 Å². The Morgan fingerprint density at radius 3 is 3.00 bits per heavy atom. The highest BCUT2D eigenvalue weighted by Crippen LogP contribution is 2.29. The predicted octanol–water partition coefficient (Wildman–Crippen LogP) is 0.460. The van der Waals surface area contributed by atoms with E-state index >= 15 is 0 Å². The molecule has 2 amide bonds. The SMILES string of the molecule is NCC(=O)N1CCC(=O)Nc2ccc(F)cc21. The van der Waals surface area contributed by atoms with Gasteiger partial charge in [0.1, 0.15) is 5.82 Å². The topological polar surface area (TPSA) is 75.4 Å². The van der Waals surface area contributed by atoms with E-state index in [1.807, 2.05) is 0 Å². The fraction of sp³-hybridized carbons (Fsp3) is 0.273. The van der Waals surface area contributed by atoms with Crippen molar-refractivity contribution < 1.29 is 14.0 Å². The number of carbonyl (C=O) groups excluding carboxylic acids is 2. The fourth-order valence-corrected chi connectivity index (χ4v) is 1.75. The second-order valence-corrected chi connectivity index (χ2v) is 3.71. The van der Waals surface area contributed by atoms with Crippen molar-refractivity contribution in [1.29, 1.82) is 0 Å². The van der Waals surface area contributed by atoms with Crippen LogP contribution in [0, 0.1) is 5.82 Å². The molecule has 1 aromatic carbocycles. The number of fused-ring (bicyclic) bond motifs is 1. The van der Waals surface area contributed by atoms with E-state index in [1.165, 1.54) is 23.1 Å². The van der Waals surface area contributed by atoms with E-state index in [4.69, 9.17) is 5.73 Å². The molecule has 0 bridgehead atoms. The van der Waals surface area contributed by atoms with E-state index in [-0.39, 0.29) is 31.3 Å². The number of nitrogens with zero attached hydrogens (tertiary/aromatic N) is 1. The quantitative estimate of drug-likeness (QED) is 0.745. The Morgan fingerprint density at radius 2 is 2.29 bits per heavy atom. The zero-order chi connectivity index (χ0) is 12.4. The van der Waals surface area contributed by atoms with Crippen molar-refractivity contribution in [1.82, 2.24) is 0 Å². The normalized spacial score (nSPS) is 14.9. The minimum atomic E-state index is -0.463. The van der Waals surface area contributed by atoms with Crippen LogP contribution in [0.15, 0.2) is 18.2 Å². The second kappa shape index (κ2) is 4.50. The molecule has 0 unspecified atom stereocenters. The van der Waals surface area contributed by atoms with Crippen LogP contribution in [0.3, 0.4) is 0 Å². The number of carbonyl (C=O) groups is 2. The molecule has 5 nitrogen and oxygen atoms in total. The van der Waals surface area contributed by atoms with Gasteiger partial charge in [-0.3, -0.25) is 9.59 Å². The molecule has 0 fully saturated rings. The molecular weight excluding hydrogens is 225 g/mol. The summed E-state index contributed by atoms with van der Waals surface area (Å²) in [6.45, 7) is 0.0302. The summed E-state index contributed by atoms with van der Waals surface area (Å²) in [5, 5.41) is 2.62. The minimum Gasteiger partial charge on any atom is -0.324 e. The van der Waals surface area contributed by atoms with Gasteiger partial charge in [-0.05, 0) is 18.2 Å². The molecule has 1 aliphatic rings. The Bertz CT molecular complexity index is 476. The van der Waals surface area contributed by atoms with E-state index in [2.05, 4.69) is 5.32 Å². The fourth-order valence-electron chi connectivity index (χ4n) is 1.75. The average Bonchev–Trinajstić information content (AvgIpc) is 2.47. The van der Waals surface area contributed by atoms with Gasteiger partial charge in [0.05, 0.1) is 17.9 Å². The third-order valence-electron chi connectivity index (χ3n) is 2.56. The van der Waals surface area contributed by atoms with Crippen LogP contribution in [-0.4, -0.2) is 24.9 Å². The van der Waals surface area contributed by atoms with Crippen molar-refractivity contribution in [2.45, 2.75) is 6.42 Å². The van der Waals surface area contributed by atoms with E-state index in [1.54, 1.807) is 0 Å². The van der Waals surface area contributed by atoms with Crippen molar-refractivity contribution >= 4 is 23.2 Å². The Kier molecular flexibility index (Phi) is 3.06. The first-order valence-corrected chi connectivity index (χ1v) is 5.21. The second-order valence-electron chi connectivity index (χ2n) is 3.71. The van der Waals surface area contributed by atoms with Gasteiger partial charge in [0.15, 0.2) is 0 Å². The first-order valence-electron chi connectivity index (χ1n) is 5.21. The van der Waals surface area contributed by atoms with Crippen LogP contribution in [0.2, 0.25) is 0 Å². The summed E-state index contributed by atoms with van der Waals surface area (Å²) in [5.41, 5.74) is 6.07. The van der Waals surface area contributed by atoms with Crippen LogP contribution < -0.4 is 16.0 Å². The summed E-state index contributed by atoms with van der Waals surface area (Å²) >= 11 is 0. The Balaban J connectivity index is 2.47. The number of hydrogen-bond acceptors (Lipinski definition) is 3. The maximum Gasteiger partial charge on any atom is 0.240 e. The number of nitrogens with two attached hydrogens (primary N) is 1. The van der Waals surface area contributed by atoms with Gasteiger partial charge in [0.25, 0.3) is 0 Å². The highest BCUT2D eigenvalue weighted by Gasteiger charge is 2.23. The molecule has 0 atom stereocenters. The Labute approximate surface area is 97.4 Å². The molecule has 2 rings (SSSR count). The molecule has 0 aromatic heterocycles. The van der Waals surface area contributed by atoms with Crippen LogP contribution in [-0.2, 0) is 9.59 Å². The van der Waals surface area contributed by atoms with Gasteiger partial charge in [-0.25, -0.2) is 4.39 Å². The largest absolute Gasteiger partial charge is 0.324 e. The van der Waals surface area contributed by atoms with Gasteiger partial charge in [0.2, 0.25) is 11.8 Å². The molecule has 1 aliphatic heterocycles. The van der Waals surface area contributed by atoms with Crippen molar-refractivity contribution in [3.8, 4) is 0 Å². The van der Waals surface area contributed by atoms with Crippen LogP contribution in [0.25, 0.3) is 0 Å². The van der Waals surface area contributed by atoms with Crippen LogP contribution in [0.1, 0.15) is 6.42 Å². The first-order chi connectivity index (χ1) is 8.11. The molecule has 1 aromatic rings.